The molecular formula is C25H21N3O4. The highest BCUT2D eigenvalue weighted by Crippen LogP contribution is 2.40. The van der Waals surface area contributed by atoms with Crippen molar-refractivity contribution in [3.63, 3.8) is 0 Å². The lowest BCUT2D eigenvalue weighted by Gasteiger charge is -2.24. The highest BCUT2D eigenvalue weighted by Gasteiger charge is 2.46. The van der Waals surface area contributed by atoms with Gasteiger partial charge >= 0.3 is 0 Å². The van der Waals surface area contributed by atoms with Gasteiger partial charge in [0.05, 0.1) is 17.9 Å². The summed E-state index contributed by atoms with van der Waals surface area (Å²) in [6.45, 7) is 0.839. The summed E-state index contributed by atoms with van der Waals surface area (Å²) >= 11 is 0. The van der Waals surface area contributed by atoms with E-state index in [1.54, 1.807) is 55.0 Å². The lowest BCUT2D eigenvalue weighted by atomic mass is 9.96. The lowest BCUT2D eigenvalue weighted by molar-refractivity contribution is -0.140. The van der Waals surface area contributed by atoms with Crippen LogP contribution in [0.5, 0.6) is 5.75 Å². The zero-order valence-electron chi connectivity index (χ0n) is 17.3. The minimum atomic E-state index is -0.802. The van der Waals surface area contributed by atoms with E-state index in [-0.39, 0.29) is 17.9 Å². The fraction of sp³-hybridized carbons (Fsp3) is 0.200. The summed E-state index contributed by atoms with van der Waals surface area (Å²) in [5.41, 5.74) is 2.78. The number of hydrogen-bond acceptors (Lipinski definition) is 6. The minimum absolute atomic E-state index is 0.0364. The highest BCUT2D eigenvalue weighted by atomic mass is 16.5. The van der Waals surface area contributed by atoms with Crippen LogP contribution in [-0.4, -0.2) is 38.3 Å². The largest absolute Gasteiger partial charge is 0.507 e. The summed E-state index contributed by atoms with van der Waals surface area (Å²) in [5, 5.41) is 11.2. The molecular weight excluding hydrogens is 406 g/mol. The van der Waals surface area contributed by atoms with Gasteiger partial charge in [0.25, 0.3) is 11.7 Å². The zero-order valence-corrected chi connectivity index (χ0v) is 17.3. The van der Waals surface area contributed by atoms with E-state index >= 15 is 0 Å². The van der Waals surface area contributed by atoms with Crippen LogP contribution in [0.3, 0.4) is 0 Å². The number of aliphatic hydroxyl groups is 1. The standard InChI is InChI=1S/C25H21N3O4/c29-23(18-8-9-20-17(13-18)6-4-12-32-20)21-22(19-7-1-2-11-27-19)28(25(31)24(21)30)15-16-5-3-10-26-14-16/h1-3,5,7-11,13-14,22,29H,4,6,12,15H2/b23-21-. The quantitative estimate of drug-likeness (QED) is 0.390. The van der Waals surface area contributed by atoms with Gasteiger partial charge in [-0.15, -0.1) is 0 Å². The van der Waals surface area contributed by atoms with Crippen molar-refractivity contribution in [1.29, 1.82) is 0 Å². The molecule has 0 bridgehead atoms. The lowest BCUT2D eigenvalue weighted by Crippen LogP contribution is -2.29. The van der Waals surface area contributed by atoms with Crippen LogP contribution >= 0.6 is 0 Å². The molecule has 2 aromatic heterocycles. The van der Waals surface area contributed by atoms with Crippen LogP contribution in [-0.2, 0) is 22.6 Å². The molecule has 1 saturated heterocycles. The van der Waals surface area contributed by atoms with E-state index in [0.717, 1.165) is 29.7 Å². The third kappa shape index (κ3) is 3.51. The molecule has 7 heteroatoms. The first kappa shape index (κ1) is 19.9. The number of aromatic nitrogens is 2. The summed E-state index contributed by atoms with van der Waals surface area (Å²) in [4.78, 5) is 36.1. The number of Topliss-reactive ketones (excluding diaryl/α,β-unsaturated/α-hetero) is 1. The Morgan fingerprint density at radius 2 is 2.03 bits per heavy atom. The Labute approximate surface area is 185 Å². The van der Waals surface area contributed by atoms with Crippen LogP contribution in [0.4, 0.5) is 0 Å². The van der Waals surface area contributed by atoms with Gasteiger partial charge in [-0.25, -0.2) is 0 Å². The topological polar surface area (TPSA) is 92.6 Å². The number of carbonyl (C=O) groups excluding carboxylic acids is 2. The van der Waals surface area contributed by atoms with Crippen molar-refractivity contribution in [2.45, 2.75) is 25.4 Å². The first-order valence-corrected chi connectivity index (χ1v) is 10.5. The first-order valence-electron chi connectivity index (χ1n) is 10.5. The maximum absolute atomic E-state index is 13.1. The summed E-state index contributed by atoms with van der Waals surface area (Å²) in [5.74, 6) is -0.824. The number of nitrogens with zero attached hydrogens (tertiary/aromatic N) is 3. The maximum Gasteiger partial charge on any atom is 0.296 e. The van der Waals surface area contributed by atoms with E-state index in [0.29, 0.717) is 17.9 Å². The van der Waals surface area contributed by atoms with Crippen LogP contribution in [0, 0.1) is 0 Å². The van der Waals surface area contributed by atoms with Crippen LogP contribution < -0.4 is 4.74 Å². The fourth-order valence-electron chi connectivity index (χ4n) is 4.24. The third-order valence-corrected chi connectivity index (χ3v) is 5.77. The van der Waals surface area contributed by atoms with E-state index in [1.165, 1.54) is 4.90 Å². The predicted octanol–water partition coefficient (Wildman–Crippen LogP) is 3.42. The number of carbonyl (C=O) groups is 2. The smallest absolute Gasteiger partial charge is 0.296 e. The molecule has 5 rings (SSSR count). The number of amides is 1. The van der Waals surface area contributed by atoms with Crippen molar-refractivity contribution < 1.29 is 19.4 Å². The van der Waals surface area contributed by atoms with Crippen LogP contribution in [0.15, 0.2) is 72.7 Å². The number of hydrogen-bond donors (Lipinski definition) is 1. The molecule has 0 spiro atoms. The normalized spacial score (nSPS) is 19.5. The summed E-state index contributed by atoms with van der Waals surface area (Å²) < 4.78 is 5.65. The Morgan fingerprint density at radius 1 is 1.12 bits per heavy atom. The van der Waals surface area contributed by atoms with Crippen molar-refractivity contribution in [3.8, 4) is 5.75 Å². The molecule has 1 aromatic carbocycles. The monoisotopic (exact) mass is 427 g/mol. The molecule has 0 aliphatic carbocycles. The highest BCUT2D eigenvalue weighted by molar-refractivity contribution is 6.46. The number of pyridine rings is 2. The van der Waals surface area contributed by atoms with Gasteiger partial charge in [-0.05, 0) is 60.4 Å². The van der Waals surface area contributed by atoms with E-state index in [9.17, 15) is 14.7 Å². The molecule has 0 saturated carbocycles. The number of aliphatic hydroxyl groups excluding tert-OH is 1. The summed E-state index contributed by atoms with van der Waals surface area (Å²) in [6, 6.07) is 13.5. The van der Waals surface area contributed by atoms with Gasteiger partial charge in [0.1, 0.15) is 17.6 Å². The predicted molar refractivity (Wildman–Crippen MR) is 117 cm³/mol. The third-order valence-electron chi connectivity index (χ3n) is 5.77. The molecule has 32 heavy (non-hydrogen) atoms. The number of likely N-dealkylation sites (tertiary alicyclic amines) is 1. The Bertz CT molecular complexity index is 1210. The summed E-state index contributed by atoms with van der Waals surface area (Å²) in [7, 11) is 0. The van der Waals surface area contributed by atoms with Crippen LogP contribution in [0.1, 0.15) is 34.8 Å². The van der Waals surface area contributed by atoms with Gasteiger partial charge < -0.3 is 14.7 Å². The molecule has 2 aliphatic rings. The van der Waals surface area contributed by atoms with E-state index < -0.39 is 17.7 Å². The van der Waals surface area contributed by atoms with Crippen LogP contribution in [0.25, 0.3) is 5.76 Å². The number of rotatable bonds is 4. The Hall–Kier alpha value is -4.00. The molecule has 1 fully saturated rings. The first-order chi connectivity index (χ1) is 15.6. The Morgan fingerprint density at radius 3 is 2.81 bits per heavy atom. The number of aryl methyl sites for hydroxylation is 1. The second kappa shape index (κ2) is 8.26. The SMILES string of the molecule is O=C1C(=O)N(Cc2cccnc2)C(c2ccccn2)/C1=C(/O)c1ccc2c(c1)CCCO2. The average molecular weight is 427 g/mol. The van der Waals surface area contributed by atoms with Gasteiger partial charge in [0.2, 0.25) is 0 Å². The van der Waals surface area contributed by atoms with Crippen LogP contribution in [0.2, 0.25) is 0 Å². The molecule has 1 unspecified atom stereocenters. The van der Waals surface area contributed by atoms with E-state index in [1.807, 2.05) is 12.1 Å². The fourth-order valence-corrected chi connectivity index (χ4v) is 4.24. The second-order valence-corrected chi connectivity index (χ2v) is 7.82. The number of benzene rings is 1. The molecule has 1 atom stereocenters. The molecule has 4 heterocycles. The van der Waals surface area contributed by atoms with Crippen molar-refractivity contribution >= 4 is 17.4 Å². The number of ether oxygens (including phenoxy) is 1. The van der Waals surface area contributed by atoms with Crippen molar-refractivity contribution in [2.24, 2.45) is 0 Å². The van der Waals surface area contributed by atoms with Gasteiger partial charge in [0, 0.05) is 30.7 Å². The molecule has 160 valence electrons. The molecule has 0 radical (unpaired) electrons. The van der Waals surface area contributed by atoms with Gasteiger partial charge in [-0.1, -0.05) is 12.1 Å². The second-order valence-electron chi connectivity index (χ2n) is 7.82. The van der Waals surface area contributed by atoms with E-state index in [4.69, 9.17) is 4.74 Å². The van der Waals surface area contributed by atoms with Crippen molar-refractivity contribution in [3.05, 3.63) is 95.1 Å². The zero-order chi connectivity index (χ0) is 22.1. The van der Waals surface area contributed by atoms with Gasteiger partial charge in [-0.3, -0.25) is 19.6 Å². The van der Waals surface area contributed by atoms with Gasteiger partial charge in [0.15, 0.2) is 0 Å². The molecule has 3 aromatic rings. The molecule has 2 aliphatic heterocycles. The Kier molecular flexibility index (Phi) is 5.15. The molecule has 7 nitrogen and oxygen atoms in total. The van der Waals surface area contributed by atoms with Gasteiger partial charge in [-0.2, -0.15) is 0 Å². The maximum atomic E-state index is 13.1. The minimum Gasteiger partial charge on any atom is -0.507 e. The Balaban J connectivity index is 1.62. The molecule has 1 amide bonds. The van der Waals surface area contributed by atoms with E-state index in [2.05, 4.69) is 9.97 Å². The molecule has 1 N–H and O–H groups in total. The summed E-state index contributed by atoms with van der Waals surface area (Å²) in [6.07, 6.45) is 6.62. The van der Waals surface area contributed by atoms with Crippen molar-refractivity contribution in [2.75, 3.05) is 6.61 Å². The average Bonchev–Trinajstić information content (AvgIpc) is 3.09. The number of ketones is 1. The van der Waals surface area contributed by atoms with Crippen molar-refractivity contribution in [1.82, 2.24) is 14.9 Å². The number of fused-ring (bicyclic) bond motifs is 1.